The van der Waals surface area contributed by atoms with Crippen molar-refractivity contribution in [2.45, 2.75) is 37.3 Å². The third kappa shape index (κ3) is 4.11. The maximum absolute atomic E-state index is 14.2. The van der Waals surface area contributed by atoms with Crippen LogP contribution < -0.4 is 10.1 Å². The van der Waals surface area contributed by atoms with Crippen LogP contribution in [0.15, 0.2) is 42.7 Å². The van der Waals surface area contributed by atoms with E-state index in [0.717, 1.165) is 25.0 Å². The molecule has 152 valence electrons. The molecule has 2 N–H and O–H groups in total. The van der Waals surface area contributed by atoms with Crippen LogP contribution in [0.3, 0.4) is 0 Å². The quantitative estimate of drug-likeness (QED) is 0.626. The molecule has 8 heteroatoms. The summed E-state index contributed by atoms with van der Waals surface area (Å²) in [5.41, 5.74) is -0.328. The molecule has 29 heavy (non-hydrogen) atoms. The van der Waals surface area contributed by atoms with Crippen LogP contribution in [0.5, 0.6) is 5.75 Å². The second-order valence-corrected chi connectivity index (χ2v) is 7.70. The molecular weight excluding hydrogens is 400 g/mol. The van der Waals surface area contributed by atoms with Crippen molar-refractivity contribution in [1.29, 1.82) is 0 Å². The van der Waals surface area contributed by atoms with Crippen LogP contribution in [0, 0.1) is 11.6 Å². The molecule has 0 bridgehead atoms. The third-order valence-electron chi connectivity index (χ3n) is 5.27. The van der Waals surface area contributed by atoms with Gasteiger partial charge in [-0.15, -0.1) is 0 Å². The van der Waals surface area contributed by atoms with Gasteiger partial charge in [-0.3, -0.25) is 4.98 Å². The molecule has 0 amide bonds. The van der Waals surface area contributed by atoms with Gasteiger partial charge in [-0.1, -0.05) is 30.5 Å². The lowest BCUT2D eigenvalue weighted by molar-refractivity contribution is -0.0431. The predicted molar refractivity (Wildman–Crippen MR) is 107 cm³/mol. The number of nitrogens with zero attached hydrogens (tertiary/aromatic N) is 2. The summed E-state index contributed by atoms with van der Waals surface area (Å²) in [7, 11) is 0. The van der Waals surface area contributed by atoms with Gasteiger partial charge in [-0.05, 0) is 37.1 Å². The number of ether oxygens (including phenoxy) is 1. The van der Waals surface area contributed by atoms with Gasteiger partial charge in [0.05, 0.1) is 11.6 Å². The van der Waals surface area contributed by atoms with Crippen molar-refractivity contribution >= 4 is 28.3 Å². The van der Waals surface area contributed by atoms with E-state index in [9.17, 15) is 13.9 Å². The molecule has 1 saturated carbocycles. The summed E-state index contributed by atoms with van der Waals surface area (Å²) in [6.07, 6.45) is 5.78. The molecule has 1 heterocycles. The molecule has 0 radical (unpaired) electrons. The summed E-state index contributed by atoms with van der Waals surface area (Å²) in [6, 6.07) is 6.87. The molecule has 1 fully saturated rings. The fourth-order valence-electron chi connectivity index (χ4n) is 3.74. The van der Waals surface area contributed by atoms with E-state index in [1.54, 1.807) is 24.5 Å². The Balaban J connectivity index is 1.56. The third-order valence-corrected chi connectivity index (χ3v) is 5.48. The second kappa shape index (κ2) is 8.08. The Morgan fingerprint density at radius 2 is 1.93 bits per heavy atom. The molecule has 3 aromatic rings. The first-order valence-corrected chi connectivity index (χ1v) is 9.80. The lowest BCUT2D eigenvalue weighted by Gasteiger charge is -2.40. The van der Waals surface area contributed by atoms with Gasteiger partial charge in [-0.25, -0.2) is 13.8 Å². The number of hydrogen-bond acceptors (Lipinski definition) is 5. The molecule has 0 spiro atoms. The number of aromatic nitrogens is 2. The number of benzene rings is 2. The first-order valence-electron chi connectivity index (χ1n) is 9.42. The van der Waals surface area contributed by atoms with Gasteiger partial charge >= 0.3 is 0 Å². The Hall–Kier alpha value is -2.51. The number of halogens is 3. The van der Waals surface area contributed by atoms with E-state index in [1.165, 1.54) is 0 Å². The topological polar surface area (TPSA) is 67.3 Å². The van der Waals surface area contributed by atoms with E-state index in [4.69, 9.17) is 16.3 Å². The van der Waals surface area contributed by atoms with Crippen molar-refractivity contribution < 1.29 is 18.6 Å². The Bertz CT molecular complexity index is 1010. The minimum atomic E-state index is -1.30. The number of para-hydroxylation sites is 1. The Morgan fingerprint density at radius 3 is 2.72 bits per heavy atom. The normalized spacial score (nSPS) is 21.9. The van der Waals surface area contributed by atoms with Crippen LogP contribution in [-0.2, 0) is 0 Å². The minimum absolute atomic E-state index is 0.0233. The second-order valence-electron chi connectivity index (χ2n) is 7.26. The fraction of sp³-hybridized carbons (Fsp3) is 0.333. The van der Waals surface area contributed by atoms with E-state index >= 15 is 0 Å². The van der Waals surface area contributed by atoms with E-state index in [1.807, 2.05) is 6.07 Å². The number of fused-ring (bicyclic) bond motifs is 1. The Labute approximate surface area is 171 Å². The first-order chi connectivity index (χ1) is 14.0. The molecule has 1 aliphatic rings. The van der Waals surface area contributed by atoms with E-state index in [2.05, 4.69) is 15.3 Å². The highest BCUT2D eigenvalue weighted by molar-refractivity contribution is 6.30. The lowest BCUT2D eigenvalue weighted by Crippen LogP contribution is -2.53. The van der Waals surface area contributed by atoms with Crippen LogP contribution in [0.1, 0.15) is 25.7 Å². The highest BCUT2D eigenvalue weighted by atomic mass is 35.5. The van der Waals surface area contributed by atoms with E-state index in [-0.39, 0.29) is 17.3 Å². The van der Waals surface area contributed by atoms with Crippen molar-refractivity contribution in [1.82, 2.24) is 9.97 Å². The number of anilines is 1. The van der Waals surface area contributed by atoms with Crippen molar-refractivity contribution in [3.63, 3.8) is 0 Å². The summed E-state index contributed by atoms with van der Waals surface area (Å²) in [5.74, 6) is -1.10. The van der Waals surface area contributed by atoms with Crippen LogP contribution in [0.25, 0.3) is 11.0 Å². The first kappa shape index (κ1) is 19.8. The number of rotatable bonds is 5. The summed E-state index contributed by atoms with van der Waals surface area (Å²) in [6.45, 7) is -0.0445. The summed E-state index contributed by atoms with van der Waals surface area (Å²) in [4.78, 5) is 8.53. The van der Waals surface area contributed by atoms with Gasteiger partial charge in [0.1, 0.15) is 29.2 Å². The fourth-order valence-corrected chi connectivity index (χ4v) is 3.93. The summed E-state index contributed by atoms with van der Waals surface area (Å²) >= 11 is 5.70. The molecule has 1 aliphatic carbocycles. The summed E-state index contributed by atoms with van der Waals surface area (Å²) in [5, 5.41) is 14.1. The molecule has 5 nitrogen and oxygen atoms in total. The molecule has 0 saturated heterocycles. The van der Waals surface area contributed by atoms with Crippen LogP contribution in [0.2, 0.25) is 5.02 Å². The van der Waals surface area contributed by atoms with Crippen molar-refractivity contribution in [3.05, 3.63) is 59.4 Å². The van der Waals surface area contributed by atoms with Gasteiger partial charge < -0.3 is 15.2 Å². The molecular formula is C21H20ClF2N3O2. The predicted octanol–water partition coefficient (Wildman–Crippen LogP) is 4.73. The SMILES string of the molecule is OC1(COc2cccc3nccnc23)CCCCC1Nc1c(F)cc(Cl)cc1F. The molecule has 2 aromatic carbocycles. The maximum atomic E-state index is 14.2. The Kier molecular flexibility index (Phi) is 5.52. The highest BCUT2D eigenvalue weighted by Crippen LogP contribution is 2.34. The van der Waals surface area contributed by atoms with Crippen LogP contribution in [0.4, 0.5) is 14.5 Å². The van der Waals surface area contributed by atoms with Crippen molar-refractivity contribution in [3.8, 4) is 5.75 Å². The number of nitrogens with one attached hydrogen (secondary N) is 1. The average molecular weight is 420 g/mol. The molecule has 0 aliphatic heterocycles. The monoisotopic (exact) mass is 419 g/mol. The average Bonchev–Trinajstić information content (AvgIpc) is 2.70. The van der Waals surface area contributed by atoms with Crippen molar-refractivity contribution in [2.24, 2.45) is 0 Å². The van der Waals surface area contributed by atoms with Crippen LogP contribution >= 0.6 is 11.6 Å². The number of aliphatic hydroxyl groups is 1. The van der Waals surface area contributed by atoms with Gasteiger partial charge in [0, 0.05) is 17.4 Å². The van der Waals surface area contributed by atoms with Gasteiger partial charge in [0.25, 0.3) is 0 Å². The standard InChI is InChI=1S/C21H20ClF2N3O2/c22-13-10-14(23)19(15(24)11-13)27-18-6-1-2-7-21(18,28)12-29-17-5-3-4-16-20(17)26-9-8-25-16/h3-5,8-11,18,27-28H,1-2,6-7,12H2. The highest BCUT2D eigenvalue weighted by Gasteiger charge is 2.40. The zero-order valence-electron chi connectivity index (χ0n) is 15.5. The van der Waals surface area contributed by atoms with Crippen LogP contribution in [-0.4, -0.2) is 33.3 Å². The lowest BCUT2D eigenvalue weighted by atomic mass is 9.80. The van der Waals surface area contributed by atoms with E-state index < -0.39 is 23.3 Å². The zero-order valence-corrected chi connectivity index (χ0v) is 16.3. The van der Waals surface area contributed by atoms with Gasteiger partial charge in [-0.2, -0.15) is 0 Å². The molecule has 1 aromatic heterocycles. The zero-order chi connectivity index (χ0) is 20.4. The number of hydrogen-bond donors (Lipinski definition) is 2. The van der Waals surface area contributed by atoms with Crippen molar-refractivity contribution in [2.75, 3.05) is 11.9 Å². The minimum Gasteiger partial charge on any atom is -0.488 e. The molecule has 2 unspecified atom stereocenters. The van der Waals surface area contributed by atoms with E-state index in [0.29, 0.717) is 29.6 Å². The molecule has 2 atom stereocenters. The maximum Gasteiger partial charge on any atom is 0.150 e. The summed E-state index contributed by atoms with van der Waals surface area (Å²) < 4.78 is 34.4. The molecule has 4 rings (SSSR count). The Morgan fingerprint density at radius 1 is 1.17 bits per heavy atom. The smallest absolute Gasteiger partial charge is 0.150 e. The largest absolute Gasteiger partial charge is 0.488 e. The van der Waals surface area contributed by atoms with Gasteiger partial charge in [0.2, 0.25) is 0 Å². The van der Waals surface area contributed by atoms with Gasteiger partial charge in [0.15, 0.2) is 11.6 Å².